The van der Waals surface area contributed by atoms with E-state index >= 15 is 0 Å². The average Bonchev–Trinajstić information content (AvgIpc) is 3.23. The van der Waals surface area contributed by atoms with Gasteiger partial charge in [-0.1, -0.05) is 61.2 Å². The Balaban J connectivity index is 1.70. The molecule has 0 bridgehead atoms. The van der Waals surface area contributed by atoms with Gasteiger partial charge in [-0.3, -0.25) is 0 Å². The van der Waals surface area contributed by atoms with E-state index in [0.29, 0.717) is 29.0 Å². The highest BCUT2D eigenvalue weighted by atomic mass is 32.2. The largest absolute Gasteiger partial charge is 0.489 e. The maximum absolute atomic E-state index is 13.2. The van der Waals surface area contributed by atoms with Gasteiger partial charge in [0.05, 0.1) is 11.7 Å². The minimum atomic E-state index is -0.480. The van der Waals surface area contributed by atoms with E-state index in [1.54, 1.807) is 16.4 Å². The molecule has 0 saturated heterocycles. The number of ether oxygens (including phenoxy) is 2. The number of allylic oxidation sites excluding steroid dienone is 1. The van der Waals surface area contributed by atoms with Crippen LogP contribution in [0.1, 0.15) is 51.3 Å². The Morgan fingerprint density at radius 3 is 2.71 bits per heavy atom. The van der Waals surface area contributed by atoms with Crippen LogP contribution in [-0.2, 0) is 16.1 Å². The minimum Gasteiger partial charge on any atom is -0.489 e. The lowest BCUT2D eigenvalue weighted by Gasteiger charge is -2.28. The summed E-state index contributed by atoms with van der Waals surface area (Å²) in [6.07, 6.45) is 0.789. The van der Waals surface area contributed by atoms with Crippen LogP contribution >= 0.6 is 11.8 Å². The lowest BCUT2D eigenvalue weighted by atomic mass is 9.95. The predicted molar refractivity (Wildman–Crippen MR) is 134 cm³/mol. The molecule has 8 heteroatoms. The Labute approximate surface area is 204 Å². The van der Waals surface area contributed by atoms with Crippen LogP contribution in [-0.4, -0.2) is 32.6 Å². The third-order valence-corrected chi connectivity index (χ3v) is 6.30. The third kappa shape index (κ3) is 5.44. The van der Waals surface area contributed by atoms with Crippen molar-refractivity contribution in [1.82, 2.24) is 14.8 Å². The molecule has 4 rings (SSSR count). The van der Waals surface area contributed by atoms with Crippen molar-refractivity contribution in [2.24, 2.45) is 0 Å². The van der Waals surface area contributed by atoms with E-state index < -0.39 is 6.04 Å². The van der Waals surface area contributed by atoms with Gasteiger partial charge < -0.3 is 14.8 Å². The van der Waals surface area contributed by atoms with Crippen molar-refractivity contribution in [3.8, 4) is 5.75 Å². The molecule has 0 amide bonds. The third-order valence-electron chi connectivity index (χ3n) is 5.25. The molecule has 7 nitrogen and oxygen atoms in total. The highest BCUT2D eigenvalue weighted by molar-refractivity contribution is 7.99. The van der Waals surface area contributed by atoms with E-state index in [0.717, 1.165) is 29.1 Å². The Morgan fingerprint density at radius 2 is 1.97 bits per heavy atom. The molecule has 0 radical (unpaired) electrons. The monoisotopic (exact) mass is 478 g/mol. The fourth-order valence-electron chi connectivity index (χ4n) is 3.75. The first-order valence-corrected chi connectivity index (χ1v) is 12.5. The van der Waals surface area contributed by atoms with Gasteiger partial charge in [-0.15, -0.1) is 5.10 Å². The molecule has 1 N–H and O–H groups in total. The van der Waals surface area contributed by atoms with Crippen LogP contribution in [0.3, 0.4) is 0 Å². The van der Waals surface area contributed by atoms with Gasteiger partial charge in [-0.2, -0.15) is 4.98 Å². The number of carbonyl (C=O) groups excluding carboxylic acids is 1. The molecule has 2 aromatic carbocycles. The Morgan fingerprint density at radius 1 is 1.18 bits per heavy atom. The molecule has 0 saturated carbocycles. The number of hydrogen-bond donors (Lipinski definition) is 1. The number of aromatic nitrogens is 3. The van der Waals surface area contributed by atoms with Crippen LogP contribution in [0, 0.1) is 0 Å². The second-order valence-corrected chi connectivity index (χ2v) is 9.44. The second kappa shape index (κ2) is 10.8. The Hall–Kier alpha value is -3.26. The molecule has 1 atom stereocenters. The molecule has 2 heterocycles. The molecule has 1 aliphatic heterocycles. The zero-order chi connectivity index (χ0) is 24.1. The van der Waals surface area contributed by atoms with Crippen LogP contribution < -0.4 is 10.1 Å². The molecule has 1 aromatic heterocycles. The highest BCUT2D eigenvalue weighted by Gasteiger charge is 2.35. The molecule has 1 aliphatic rings. The smallest absolute Gasteiger partial charge is 0.338 e. The van der Waals surface area contributed by atoms with Crippen LogP contribution in [0.25, 0.3) is 0 Å². The van der Waals surface area contributed by atoms with Crippen molar-refractivity contribution >= 4 is 23.7 Å². The summed E-state index contributed by atoms with van der Waals surface area (Å²) in [6, 6.07) is 17.3. The van der Waals surface area contributed by atoms with Crippen LogP contribution in [0.2, 0.25) is 0 Å². The van der Waals surface area contributed by atoms with Gasteiger partial charge in [-0.05, 0) is 50.5 Å². The summed E-state index contributed by atoms with van der Waals surface area (Å²) in [5.41, 5.74) is 3.18. The molecule has 34 heavy (non-hydrogen) atoms. The van der Waals surface area contributed by atoms with Gasteiger partial charge in [-0.25, -0.2) is 9.48 Å². The van der Waals surface area contributed by atoms with Gasteiger partial charge in [0.15, 0.2) is 0 Å². The first-order chi connectivity index (χ1) is 16.5. The van der Waals surface area contributed by atoms with E-state index in [1.807, 2.05) is 75.4 Å². The van der Waals surface area contributed by atoms with Crippen molar-refractivity contribution in [2.75, 3.05) is 11.1 Å². The summed E-state index contributed by atoms with van der Waals surface area (Å²) in [5, 5.41) is 8.66. The number of nitrogens with one attached hydrogen (secondary N) is 1. The fraction of sp³-hybridized carbons (Fsp3) is 0.346. The number of carbonyl (C=O) groups is 1. The standard InChI is InChI=1S/C26H30N4O3S/c1-5-14-34-26-28-25-27-18(4)22(24(31)33-17(2)3)23(30(25)29-26)20-12-9-13-21(15-20)32-16-19-10-7-6-8-11-19/h6-13,15,17,23H,5,14,16H2,1-4H3,(H,27,28,29). The van der Waals surface area contributed by atoms with Crippen molar-refractivity contribution in [3.63, 3.8) is 0 Å². The summed E-state index contributed by atoms with van der Waals surface area (Å²) in [6.45, 7) is 8.14. The highest BCUT2D eigenvalue weighted by Crippen LogP contribution is 2.38. The lowest BCUT2D eigenvalue weighted by Crippen LogP contribution is -2.30. The van der Waals surface area contributed by atoms with E-state index in [1.165, 1.54) is 0 Å². The van der Waals surface area contributed by atoms with Gasteiger partial charge in [0.1, 0.15) is 18.4 Å². The number of rotatable bonds is 9. The number of fused-ring (bicyclic) bond motifs is 1. The molecule has 178 valence electrons. The number of hydrogen-bond acceptors (Lipinski definition) is 7. The molecular formula is C26H30N4O3S. The number of benzene rings is 2. The second-order valence-electron chi connectivity index (χ2n) is 8.38. The maximum Gasteiger partial charge on any atom is 0.338 e. The number of anilines is 1. The van der Waals surface area contributed by atoms with E-state index in [-0.39, 0.29) is 12.1 Å². The predicted octanol–water partition coefficient (Wildman–Crippen LogP) is 5.60. The lowest BCUT2D eigenvalue weighted by molar-refractivity contribution is -0.143. The summed E-state index contributed by atoms with van der Waals surface area (Å²) in [4.78, 5) is 17.8. The first kappa shape index (κ1) is 23.9. The summed E-state index contributed by atoms with van der Waals surface area (Å²) in [7, 11) is 0. The van der Waals surface area contributed by atoms with Crippen molar-refractivity contribution in [2.45, 2.75) is 58.0 Å². The van der Waals surface area contributed by atoms with Crippen LogP contribution in [0.5, 0.6) is 5.75 Å². The number of nitrogens with zero attached hydrogens (tertiary/aromatic N) is 3. The molecular weight excluding hydrogens is 448 g/mol. The van der Waals surface area contributed by atoms with Crippen LogP contribution in [0.15, 0.2) is 71.0 Å². The number of thioether (sulfide) groups is 1. The fourth-order valence-corrected chi connectivity index (χ4v) is 4.43. The first-order valence-electron chi connectivity index (χ1n) is 11.5. The Kier molecular flexibility index (Phi) is 7.57. The van der Waals surface area contributed by atoms with Gasteiger partial charge in [0, 0.05) is 11.4 Å². The minimum absolute atomic E-state index is 0.234. The van der Waals surface area contributed by atoms with Gasteiger partial charge in [0.2, 0.25) is 11.1 Å². The zero-order valence-electron chi connectivity index (χ0n) is 19.9. The average molecular weight is 479 g/mol. The zero-order valence-corrected chi connectivity index (χ0v) is 20.8. The van der Waals surface area contributed by atoms with E-state index in [4.69, 9.17) is 14.6 Å². The van der Waals surface area contributed by atoms with Gasteiger partial charge >= 0.3 is 5.97 Å². The summed E-state index contributed by atoms with van der Waals surface area (Å²) in [5.74, 6) is 1.88. The van der Waals surface area contributed by atoms with Crippen LogP contribution in [0.4, 0.5) is 5.95 Å². The topological polar surface area (TPSA) is 78.3 Å². The summed E-state index contributed by atoms with van der Waals surface area (Å²) >= 11 is 1.60. The normalized spacial score (nSPS) is 15.1. The van der Waals surface area contributed by atoms with Crippen molar-refractivity contribution < 1.29 is 14.3 Å². The SMILES string of the molecule is CCCSc1nc2n(n1)C(c1cccc(OCc3ccccc3)c1)C(C(=O)OC(C)C)=C(C)N2. The molecule has 1 unspecified atom stereocenters. The molecule has 0 aliphatic carbocycles. The quantitative estimate of drug-likeness (QED) is 0.317. The molecule has 3 aromatic rings. The van der Waals surface area contributed by atoms with E-state index in [2.05, 4.69) is 17.2 Å². The summed E-state index contributed by atoms with van der Waals surface area (Å²) < 4.78 is 13.4. The molecule has 0 fully saturated rings. The van der Waals surface area contributed by atoms with Crippen molar-refractivity contribution in [1.29, 1.82) is 0 Å². The number of esters is 1. The maximum atomic E-state index is 13.2. The van der Waals surface area contributed by atoms with E-state index in [9.17, 15) is 4.79 Å². The molecule has 0 spiro atoms. The van der Waals surface area contributed by atoms with Gasteiger partial charge in [0.25, 0.3) is 0 Å². The Bertz CT molecular complexity index is 1170. The van der Waals surface area contributed by atoms with Crippen molar-refractivity contribution in [3.05, 3.63) is 77.0 Å².